The van der Waals surface area contributed by atoms with Crippen LogP contribution in [0.25, 0.3) is 6.08 Å². The zero-order valence-electron chi connectivity index (χ0n) is 15.6. The average molecular weight is 410 g/mol. The van der Waals surface area contributed by atoms with Crippen molar-refractivity contribution in [2.75, 3.05) is 18.2 Å². The normalized spacial score (nSPS) is 13.7. The number of nitro groups is 1. The molecule has 2 heterocycles. The fourth-order valence-electron chi connectivity index (χ4n) is 3.04. The molecule has 29 heavy (non-hydrogen) atoms. The van der Waals surface area contributed by atoms with E-state index in [1.807, 2.05) is 42.2 Å². The summed E-state index contributed by atoms with van der Waals surface area (Å²) in [7, 11) is 0. The molecule has 0 aliphatic carbocycles. The molecule has 1 aromatic heterocycles. The van der Waals surface area contributed by atoms with Gasteiger partial charge in [0.1, 0.15) is 19.1 Å². The SMILES string of the molecule is CCOc1ccc(C=c2sc3n(c2=O)CN(c2ccc([N+](=O)[O-])cc2)CN=3)cc1. The molecule has 1 aliphatic rings. The van der Waals surface area contributed by atoms with E-state index in [-0.39, 0.29) is 11.2 Å². The molecule has 0 unspecified atom stereocenters. The van der Waals surface area contributed by atoms with Gasteiger partial charge in [-0.15, -0.1) is 0 Å². The Kier molecular flexibility index (Phi) is 5.13. The van der Waals surface area contributed by atoms with Crippen LogP contribution in [0.5, 0.6) is 5.75 Å². The van der Waals surface area contributed by atoms with E-state index in [9.17, 15) is 14.9 Å². The summed E-state index contributed by atoms with van der Waals surface area (Å²) in [5, 5.41) is 10.8. The molecule has 0 spiro atoms. The summed E-state index contributed by atoms with van der Waals surface area (Å²) < 4.78 is 7.67. The van der Waals surface area contributed by atoms with E-state index in [2.05, 4.69) is 4.99 Å². The third-order valence-corrected chi connectivity index (χ3v) is 5.54. The highest BCUT2D eigenvalue weighted by atomic mass is 32.1. The van der Waals surface area contributed by atoms with Crippen molar-refractivity contribution in [3.05, 3.63) is 83.9 Å². The standard InChI is InChI=1S/C20H18N4O4S/c1-2-28-17-9-3-14(4-10-17)11-18-19(25)23-13-22(12-21-20(23)29-18)15-5-7-16(8-6-15)24(26)27/h3-11H,2,12-13H2,1H3. The molecule has 3 aromatic rings. The molecule has 0 radical (unpaired) electrons. The number of ether oxygens (including phenoxy) is 1. The number of non-ortho nitro benzene ring substituents is 1. The van der Waals surface area contributed by atoms with Crippen molar-refractivity contribution in [3.63, 3.8) is 0 Å². The Morgan fingerprint density at radius 2 is 1.93 bits per heavy atom. The summed E-state index contributed by atoms with van der Waals surface area (Å²) in [4.78, 5) is 30.3. The van der Waals surface area contributed by atoms with Gasteiger partial charge in [-0.25, -0.2) is 4.99 Å². The van der Waals surface area contributed by atoms with Crippen LogP contribution in [0.4, 0.5) is 11.4 Å². The molecule has 0 fully saturated rings. The zero-order chi connectivity index (χ0) is 20.4. The van der Waals surface area contributed by atoms with Gasteiger partial charge in [-0.1, -0.05) is 23.5 Å². The lowest BCUT2D eigenvalue weighted by molar-refractivity contribution is -0.384. The molecule has 0 atom stereocenters. The van der Waals surface area contributed by atoms with Gasteiger partial charge in [-0.2, -0.15) is 0 Å². The van der Waals surface area contributed by atoms with Crippen molar-refractivity contribution in [2.45, 2.75) is 13.6 Å². The number of benzene rings is 2. The molecule has 148 valence electrons. The molecule has 1 aliphatic heterocycles. The number of thiazole rings is 1. The molecule has 0 bridgehead atoms. The Balaban J connectivity index is 1.61. The lowest BCUT2D eigenvalue weighted by Crippen LogP contribution is -2.42. The summed E-state index contributed by atoms with van der Waals surface area (Å²) in [6, 6.07) is 13.8. The Morgan fingerprint density at radius 3 is 2.59 bits per heavy atom. The first-order chi connectivity index (χ1) is 14.0. The van der Waals surface area contributed by atoms with Crippen LogP contribution in [-0.2, 0) is 6.67 Å². The topological polar surface area (TPSA) is 90.0 Å². The summed E-state index contributed by atoms with van der Waals surface area (Å²) in [5.74, 6) is 0.792. The maximum atomic E-state index is 12.8. The number of fused-ring (bicyclic) bond motifs is 1. The van der Waals surface area contributed by atoms with Gasteiger partial charge in [0.25, 0.3) is 11.2 Å². The second kappa shape index (κ2) is 7.88. The molecule has 0 amide bonds. The Hall–Kier alpha value is -3.46. The van der Waals surface area contributed by atoms with Crippen LogP contribution in [0, 0.1) is 10.1 Å². The molecular weight excluding hydrogens is 392 g/mol. The Labute approximate surface area is 169 Å². The number of nitro benzene ring substituents is 1. The van der Waals surface area contributed by atoms with Gasteiger partial charge < -0.3 is 9.64 Å². The molecular formula is C20H18N4O4S. The first-order valence-corrected chi connectivity index (χ1v) is 9.85. The fourth-order valence-corrected chi connectivity index (χ4v) is 4.00. The largest absolute Gasteiger partial charge is 0.494 e. The molecule has 0 saturated carbocycles. The van der Waals surface area contributed by atoms with Crippen molar-refractivity contribution >= 4 is 28.8 Å². The number of hydrogen-bond donors (Lipinski definition) is 0. The van der Waals surface area contributed by atoms with Crippen LogP contribution in [-0.4, -0.2) is 22.8 Å². The van der Waals surface area contributed by atoms with E-state index in [0.29, 0.717) is 29.3 Å². The average Bonchev–Trinajstić information content (AvgIpc) is 3.04. The van der Waals surface area contributed by atoms with Gasteiger partial charge in [0.05, 0.1) is 16.1 Å². The second-order valence-corrected chi connectivity index (χ2v) is 7.39. The summed E-state index contributed by atoms with van der Waals surface area (Å²) >= 11 is 1.36. The number of anilines is 1. The maximum Gasteiger partial charge on any atom is 0.271 e. The van der Waals surface area contributed by atoms with Gasteiger partial charge in [0.15, 0.2) is 4.80 Å². The highest BCUT2D eigenvalue weighted by molar-refractivity contribution is 7.07. The lowest BCUT2D eigenvalue weighted by atomic mass is 10.2. The quantitative estimate of drug-likeness (QED) is 0.475. The highest BCUT2D eigenvalue weighted by Crippen LogP contribution is 2.20. The van der Waals surface area contributed by atoms with E-state index < -0.39 is 4.92 Å². The Morgan fingerprint density at radius 1 is 1.21 bits per heavy atom. The van der Waals surface area contributed by atoms with E-state index in [0.717, 1.165) is 17.0 Å². The van der Waals surface area contributed by atoms with Crippen molar-refractivity contribution in [2.24, 2.45) is 4.99 Å². The summed E-state index contributed by atoms with van der Waals surface area (Å²) in [6.07, 6.45) is 1.85. The predicted octanol–water partition coefficient (Wildman–Crippen LogP) is 2.10. The first-order valence-electron chi connectivity index (χ1n) is 9.03. The molecule has 2 aromatic carbocycles. The van der Waals surface area contributed by atoms with Crippen molar-refractivity contribution in [1.82, 2.24) is 4.57 Å². The van der Waals surface area contributed by atoms with Crippen LogP contribution in [0.1, 0.15) is 12.5 Å². The van der Waals surface area contributed by atoms with Crippen LogP contribution in [0.2, 0.25) is 0 Å². The van der Waals surface area contributed by atoms with E-state index in [1.165, 1.54) is 23.5 Å². The van der Waals surface area contributed by atoms with Gasteiger partial charge in [-0.3, -0.25) is 19.5 Å². The van der Waals surface area contributed by atoms with Crippen molar-refractivity contribution in [3.8, 4) is 5.75 Å². The lowest BCUT2D eigenvalue weighted by Gasteiger charge is -2.25. The van der Waals surface area contributed by atoms with Crippen LogP contribution >= 0.6 is 11.3 Å². The van der Waals surface area contributed by atoms with E-state index in [1.54, 1.807) is 16.7 Å². The smallest absolute Gasteiger partial charge is 0.271 e. The minimum Gasteiger partial charge on any atom is -0.494 e. The molecule has 0 N–H and O–H groups in total. The maximum absolute atomic E-state index is 12.8. The summed E-state index contributed by atoms with van der Waals surface area (Å²) in [5.41, 5.74) is 1.62. The summed E-state index contributed by atoms with van der Waals surface area (Å²) in [6.45, 7) is 3.28. The van der Waals surface area contributed by atoms with Crippen LogP contribution < -0.4 is 24.5 Å². The minimum atomic E-state index is -0.436. The van der Waals surface area contributed by atoms with Gasteiger partial charge in [-0.05, 0) is 42.8 Å². The first kappa shape index (κ1) is 18.9. The number of aromatic nitrogens is 1. The molecule has 0 saturated heterocycles. The molecule has 9 heteroatoms. The van der Waals surface area contributed by atoms with Crippen LogP contribution in [0.15, 0.2) is 58.3 Å². The van der Waals surface area contributed by atoms with Crippen molar-refractivity contribution < 1.29 is 9.66 Å². The van der Waals surface area contributed by atoms with E-state index in [4.69, 9.17) is 4.74 Å². The minimum absolute atomic E-state index is 0.0309. The van der Waals surface area contributed by atoms with E-state index >= 15 is 0 Å². The highest BCUT2D eigenvalue weighted by Gasteiger charge is 2.16. The number of rotatable bonds is 5. The molecule has 8 nitrogen and oxygen atoms in total. The zero-order valence-corrected chi connectivity index (χ0v) is 16.5. The van der Waals surface area contributed by atoms with Gasteiger partial charge >= 0.3 is 0 Å². The Bertz CT molecular complexity index is 1210. The third-order valence-electron chi connectivity index (χ3n) is 4.49. The number of nitrogens with zero attached hydrogens (tertiary/aromatic N) is 4. The van der Waals surface area contributed by atoms with Crippen LogP contribution in [0.3, 0.4) is 0 Å². The van der Waals surface area contributed by atoms with Gasteiger partial charge in [0, 0.05) is 17.8 Å². The van der Waals surface area contributed by atoms with Crippen molar-refractivity contribution in [1.29, 1.82) is 0 Å². The number of hydrogen-bond acceptors (Lipinski definition) is 7. The molecule has 4 rings (SSSR count). The predicted molar refractivity (Wildman–Crippen MR) is 111 cm³/mol. The fraction of sp³-hybridized carbons (Fsp3) is 0.200. The monoisotopic (exact) mass is 410 g/mol. The van der Waals surface area contributed by atoms with Gasteiger partial charge in [0.2, 0.25) is 0 Å². The third kappa shape index (κ3) is 3.90. The second-order valence-electron chi connectivity index (χ2n) is 6.38.